The van der Waals surface area contributed by atoms with Crippen LogP contribution in [0.25, 0.3) is 0 Å². The predicted molar refractivity (Wildman–Crippen MR) is 115 cm³/mol. The van der Waals surface area contributed by atoms with Crippen molar-refractivity contribution in [2.75, 3.05) is 45.9 Å². The molecule has 7 nitrogen and oxygen atoms in total. The Bertz CT molecular complexity index is 757. The minimum atomic E-state index is -0.121. The van der Waals surface area contributed by atoms with Crippen molar-refractivity contribution >= 4 is 18.3 Å². The molecule has 29 heavy (non-hydrogen) atoms. The molecule has 2 aliphatic rings. The molecule has 0 spiro atoms. The average molecular weight is 420 g/mol. The van der Waals surface area contributed by atoms with Crippen molar-refractivity contribution < 1.29 is 9.53 Å². The van der Waals surface area contributed by atoms with Crippen molar-refractivity contribution in [3.63, 3.8) is 0 Å². The molecule has 1 amide bonds. The van der Waals surface area contributed by atoms with Crippen LogP contribution in [-0.4, -0.2) is 66.5 Å². The highest BCUT2D eigenvalue weighted by Gasteiger charge is 2.23. The fraction of sp³-hybridized carbons (Fsp3) is 0.524. The van der Waals surface area contributed by atoms with E-state index in [1.54, 1.807) is 0 Å². The van der Waals surface area contributed by atoms with Gasteiger partial charge in [-0.15, -0.1) is 12.4 Å². The molecule has 0 aliphatic carbocycles. The van der Waals surface area contributed by atoms with Gasteiger partial charge in [-0.3, -0.25) is 14.4 Å². The van der Waals surface area contributed by atoms with E-state index < -0.39 is 0 Å². The first-order chi connectivity index (χ1) is 13.8. The number of aromatic nitrogens is 2. The van der Waals surface area contributed by atoms with Crippen molar-refractivity contribution in [2.24, 2.45) is 0 Å². The summed E-state index contributed by atoms with van der Waals surface area (Å²) in [5.74, 6) is -0.121. The fourth-order valence-corrected chi connectivity index (χ4v) is 3.92. The third-order valence-electron chi connectivity index (χ3n) is 5.54. The van der Waals surface area contributed by atoms with E-state index in [2.05, 4.69) is 32.8 Å². The zero-order valence-electron chi connectivity index (χ0n) is 16.6. The van der Waals surface area contributed by atoms with E-state index in [-0.39, 0.29) is 24.4 Å². The summed E-state index contributed by atoms with van der Waals surface area (Å²) in [6.45, 7) is 6.01. The van der Waals surface area contributed by atoms with Crippen LogP contribution in [0.4, 0.5) is 0 Å². The summed E-state index contributed by atoms with van der Waals surface area (Å²) in [6.07, 6.45) is 4.16. The maximum atomic E-state index is 12.9. The van der Waals surface area contributed by atoms with Crippen molar-refractivity contribution in [2.45, 2.75) is 24.9 Å². The van der Waals surface area contributed by atoms with Crippen molar-refractivity contribution in [1.29, 1.82) is 0 Å². The number of morpholine rings is 1. The lowest BCUT2D eigenvalue weighted by atomic mass is 10.1. The number of carbonyl (C=O) groups is 1. The van der Waals surface area contributed by atoms with Crippen molar-refractivity contribution in [3.05, 3.63) is 53.9 Å². The van der Waals surface area contributed by atoms with Crippen molar-refractivity contribution in [3.8, 4) is 0 Å². The maximum absolute atomic E-state index is 12.9. The highest BCUT2D eigenvalue weighted by molar-refractivity contribution is 5.92. The number of piperidine rings is 1. The molecule has 0 radical (unpaired) electrons. The Morgan fingerprint density at radius 1 is 1.24 bits per heavy atom. The number of rotatable bonds is 6. The number of benzene rings is 1. The molecule has 2 unspecified atom stereocenters. The molecule has 3 heterocycles. The lowest BCUT2D eigenvalue weighted by molar-refractivity contribution is 0.0332. The minimum Gasteiger partial charge on any atom is -0.379 e. The monoisotopic (exact) mass is 419 g/mol. The molecule has 4 rings (SSSR count). The van der Waals surface area contributed by atoms with Crippen LogP contribution in [-0.2, 0) is 4.74 Å². The van der Waals surface area contributed by atoms with Gasteiger partial charge in [0.2, 0.25) is 0 Å². The van der Waals surface area contributed by atoms with Crippen LogP contribution in [0.2, 0.25) is 0 Å². The van der Waals surface area contributed by atoms with E-state index in [1.807, 2.05) is 35.1 Å². The normalized spacial score (nSPS) is 21.2. The second-order valence-corrected chi connectivity index (χ2v) is 7.53. The maximum Gasteiger partial charge on any atom is 0.272 e. The molecule has 0 bridgehead atoms. The third-order valence-corrected chi connectivity index (χ3v) is 5.54. The van der Waals surface area contributed by atoms with Crippen LogP contribution in [0, 0.1) is 0 Å². The summed E-state index contributed by atoms with van der Waals surface area (Å²) in [4.78, 5) is 15.3. The standard InChI is InChI=1S/C21H29N5O2.ClH/c27-21(19-8-10-26(24-19)18-7-4-9-22-15-18)23-20(17-5-2-1-3-6-17)16-25-11-13-28-14-12-25;/h1-3,5-6,8,10,18,20,22H,4,7,9,11-16H2,(H,23,27);1H. The van der Waals surface area contributed by atoms with Gasteiger partial charge in [-0.2, -0.15) is 5.10 Å². The first-order valence-corrected chi connectivity index (χ1v) is 10.2. The largest absolute Gasteiger partial charge is 0.379 e. The molecule has 1 aromatic carbocycles. The summed E-state index contributed by atoms with van der Waals surface area (Å²) in [5.41, 5.74) is 1.59. The predicted octanol–water partition coefficient (Wildman–Crippen LogP) is 2.03. The molecule has 1 aromatic heterocycles. The molecule has 2 saturated heterocycles. The summed E-state index contributed by atoms with van der Waals surface area (Å²) >= 11 is 0. The van der Waals surface area contributed by atoms with Crippen LogP contribution < -0.4 is 10.6 Å². The Morgan fingerprint density at radius 3 is 2.76 bits per heavy atom. The summed E-state index contributed by atoms with van der Waals surface area (Å²) in [7, 11) is 0. The van der Waals surface area contributed by atoms with Gasteiger partial charge in [0, 0.05) is 32.4 Å². The molecule has 8 heteroatoms. The first kappa shape index (κ1) is 21.8. The van der Waals surface area contributed by atoms with Gasteiger partial charge in [0.05, 0.1) is 25.3 Å². The summed E-state index contributed by atoms with van der Waals surface area (Å²) in [5, 5.41) is 11.2. The lowest BCUT2D eigenvalue weighted by Gasteiger charge is -2.31. The van der Waals surface area contributed by atoms with Crippen molar-refractivity contribution in [1.82, 2.24) is 25.3 Å². The molecule has 2 aromatic rings. The van der Waals surface area contributed by atoms with Crippen LogP contribution >= 0.6 is 12.4 Å². The topological polar surface area (TPSA) is 71.4 Å². The quantitative estimate of drug-likeness (QED) is 0.749. The average Bonchev–Trinajstić information content (AvgIpc) is 3.26. The van der Waals surface area contributed by atoms with Crippen LogP contribution in [0.3, 0.4) is 0 Å². The fourth-order valence-electron chi connectivity index (χ4n) is 3.92. The van der Waals surface area contributed by atoms with E-state index in [4.69, 9.17) is 4.74 Å². The van der Waals surface area contributed by atoms with E-state index >= 15 is 0 Å². The SMILES string of the molecule is Cl.O=C(NC(CN1CCOCC1)c1ccccc1)c1ccn(C2CCCNC2)n1. The second kappa shape index (κ2) is 10.7. The van der Waals surface area contributed by atoms with Gasteiger partial charge in [0.25, 0.3) is 5.91 Å². The molecule has 2 N–H and O–H groups in total. The van der Waals surface area contributed by atoms with E-state index in [9.17, 15) is 4.79 Å². The molecular formula is C21H30ClN5O2. The number of hydrogen-bond acceptors (Lipinski definition) is 5. The summed E-state index contributed by atoms with van der Waals surface area (Å²) < 4.78 is 7.38. The molecule has 2 atom stereocenters. The Labute approximate surface area is 178 Å². The molecule has 0 saturated carbocycles. The van der Waals surface area contributed by atoms with Crippen LogP contribution in [0.1, 0.15) is 41.0 Å². The minimum absolute atomic E-state index is 0. The lowest BCUT2D eigenvalue weighted by Crippen LogP contribution is -2.43. The second-order valence-electron chi connectivity index (χ2n) is 7.53. The number of halogens is 1. The molecule has 2 fully saturated rings. The van der Waals surface area contributed by atoms with Gasteiger partial charge < -0.3 is 15.4 Å². The number of amides is 1. The van der Waals surface area contributed by atoms with Gasteiger partial charge in [-0.1, -0.05) is 30.3 Å². The summed E-state index contributed by atoms with van der Waals surface area (Å²) in [6, 6.07) is 12.2. The molecular weight excluding hydrogens is 390 g/mol. The van der Waals surface area contributed by atoms with Gasteiger partial charge in [0.1, 0.15) is 5.69 Å². The highest BCUT2D eigenvalue weighted by atomic mass is 35.5. The number of nitrogens with one attached hydrogen (secondary N) is 2. The molecule has 158 valence electrons. The van der Waals surface area contributed by atoms with Crippen LogP contribution in [0.15, 0.2) is 42.6 Å². The van der Waals surface area contributed by atoms with E-state index in [0.29, 0.717) is 11.7 Å². The van der Waals surface area contributed by atoms with Gasteiger partial charge in [-0.25, -0.2) is 0 Å². The zero-order valence-corrected chi connectivity index (χ0v) is 17.4. The number of nitrogens with zero attached hydrogens (tertiary/aromatic N) is 3. The van der Waals surface area contributed by atoms with Gasteiger partial charge in [0.15, 0.2) is 0 Å². The Hall–Kier alpha value is -1.93. The highest BCUT2D eigenvalue weighted by Crippen LogP contribution is 2.18. The number of carbonyl (C=O) groups excluding carboxylic acids is 1. The Kier molecular flexibility index (Phi) is 8.06. The first-order valence-electron chi connectivity index (χ1n) is 10.2. The van der Waals surface area contributed by atoms with E-state index in [1.165, 1.54) is 0 Å². The smallest absolute Gasteiger partial charge is 0.272 e. The van der Waals surface area contributed by atoms with Gasteiger partial charge >= 0.3 is 0 Å². The van der Waals surface area contributed by atoms with E-state index in [0.717, 1.165) is 64.3 Å². The zero-order chi connectivity index (χ0) is 19.2. The Morgan fingerprint density at radius 2 is 2.03 bits per heavy atom. The number of ether oxygens (including phenoxy) is 1. The third kappa shape index (κ3) is 5.79. The van der Waals surface area contributed by atoms with Crippen LogP contribution in [0.5, 0.6) is 0 Å². The van der Waals surface area contributed by atoms with Gasteiger partial charge in [-0.05, 0) is 31.0 Å². The number of hydrogen-bond donors (Lipinski definition) is 2. The Balaban J connectivity index is 0.00000240. The molecule has 2 aliphatic heterocycles.